The summed E-state index contributed by atoms with van der Waals surface area (Å²) in [5.41, 5.74) is 3.76. The average molecular weight is 417 g/mol. The van der Waals surface area contributed by atoms with Crippen molar-refractivity contribution in [2.75, 3.05) is 0 Å². The maximum atomic E-state index is 11.8. The van der Waals surface area contributed by atoms with E-state index < -0.39 is 5.97 Å². The van der Waals surface area contributed by atoms with E-state index >= 15 is 0 Å². The number of carbonyl (C=O) groups is 1. The van der Waals surface area contributed by atoms with Crippen LogP contribution in [0.15, 0.2) is 40.4 Å². The minimum Gasteiger partial charge on any atom is -0.477 e. The fourth-order valence-electron chi connectivity index (χ4n) is 2.97. The Morgan fingerprint density at radius 1 is 1.32 bits per heavy atom. The van der Waals surface area contributed by atoms with Crippen LogP contribution in [0, 0.1) is 13.8 Å². The lowest BCUT2D eigenvalue weighted by Crippen LogP contribution is -2.00. The van der Waals surface area contributed by atoms with E-state index in [4.69, 9.17) is 11.6 Å². The molecular formula is C20H21ClN4O2S. The quantitative estimate of drug-likeness (QED) is 0.416. The van der Waals surface area contributed by atoms with Crippen molar-refractivity contribution in [3.05, 3.63) is 63.0 Å². The van der Waals surface area contributed by atoms with Crippen LogP contribution in [0.3, 0.4) is 0 Å². The molecule has 3 rings (SSSR count). The number of nitrogens with one attached hydrogen (secondary N) is 1. The number of thioether (sulfide) groups is 1. The third-order valence-electron chi connectivity index (χ3n) is 4.25. The molecule has 0 fully saturated rings. The molecule has 0 spiro atoms. The molecule has 2 heterocycles. The number of rotatable bonds is 7. The summed E-state index contributed by atoms with van der Waals surface area (Å²) in [4.78, 5) is 16.3. The summed E-state index contributed by atoms with van der Waals surface area (Å²) in [6, 6.07) is 9.51. The highest BCUT2D eigenvalue weighted by Gasteiger charge is 2.16. The second kappa shape index (κ2) is 8.67. The van der Waals surface area contributed by atoms with Gasteiger partial charge < -0.3 is 9.67 Å². The molecular weight excluding hydrogens is 396 g/mol. The van der Waals surface area contributed by atoms with Crippen molar-refractivity contribution >= 4 is 35.4 Å². The number of H-pyrrole nitrogens is 1. The van der Waals surface area contributed by atoms with Gasteiger partial charge in [0.05, 0.1) is 0 Å². The first-order valence-electron chi connectivity index (χ1n) is 8.88. The number of carboxylic acid groups (broad SMARTS) is 1. The standard InChI is InChI=1S/C20H21ClN4O2S/c1-4-5-18-22-20(24-23-18)28-17(19(26)27)11-14-10-12(2)25(13(14)3)16-8-6-15(21)7-9-16/h6-11H,4-5H2,1-3H3,(H,26,27)(H,22,23,24)/b17-11-. The molecule has 3 aromatic rings. The molecule has 2 N–H and O–H groups in total. The molecule has 0 atom stereocenters. The van der Waals surface area contributed by atoms with E-state index in [2.05, 4.69) is 19.7 Å². The number of halogens is 1. The van der Waals surface area contributed by atoms with Gasteiger partial charge in [0.1, 0.15) is 10.7 Å². The lowest BCUT2D eigenvalue weighted by Gasteiger charge is -2.09. The predicted octanol–water partition coefficient (Wildman–Crippen LogP) is 5.04. The maximum Gasteiger partial charge on any atom is 0.342 e. The van der Waals surface area contributed by atoms with Crippen LogP contribution in [0.25, 0.3) is 11.8 Å². The van der Waals surface area contributed by atoms with E-state index in [1.54, 1.807) is 6.08 Å². The highest BCUT2D eigenvalue weighted by molar-refractivity contribution is 8.04. The number of aliphatic carboxylic acids is 1. The highest BCUT2D eigenvalue weighted by Crippen LogP contribution is 2.29. The lowest BCUT2D eigenvalue weighted by molar-refractivity contribution is -0.131. The molecule has 2 aromatic heterocycles. The fraction of sp³-hybridized carbons (Fsp3) is 0.250. The van der Waals surface area contributed by atoms with Gasteiger partial charge >= 0.3 is 5.97 Å². The summed E-state index contributed by atoms with van der Waals surface area (Å²) >= 11 is 7.03. The number of carboxylic acids is 1. The van der Waals surface area contributed by atoms with Crippen molar-refractivity contribution in [1.82, 2.24) is 19.7 Å². The van der Waals surface area contributed by atoms with Crippen LogP contribution < -0.4 is 0 Å². The highest BCUT2D eigenvalue weighted by atomic mass is 35.5. The molecule has 0 aliphatic carbocycles. The topological polar surface area (TPSA) is 83.8 Å². The van der Waals surface area contributed by atoms with E-state index in [0.717, 1.165) is 53.1 Å². The summed E-state index contributed by atoms with van der Waals surface area (Å²) in [5, 5.41) is 17.7. The van der Waals surface area contributed by atoms with Crippen molar-refractivity contribution in [3.63, 3.8) is 0 Å². The maximum absolute atomic E-state index is 11.8. The molecule has 146 valence electrons. The molecule has 0 radical (unpaired) electrons. The van der Waals surface area contributed by atoms with Gasteiger partial charge in [0.15, 0.2) is 0 Å². The SMILES string of the molecule is CCCc1nc(S/C(=C\c2cc(C)n(-c3ccc(Cl)cc3)c2C)C(=O)O)n[nH]1. The fourth-order valence-corrected chi connectivity index (χ4v) is 3.81. The third kappa shape index (κ3) is 4.48. The molecule has 0 aliphatic heterocycles. The van der Waals surface area contributed by atoms with E-state index in [-0.39, 0.29) is 4.91 Å². The summed E-state index contributed by atoms with van der Waals surface area (Å²) in [6.45, 7) is 6.00. The number of aryl methyl sites for hydroxylation is 2. The van der Waals surface area contributed by atoms with Gasteiger partial charge in [0.2, 0.25) is 5.16 Å². The van der Waals surface area contributed by atoms with Gasteiger partial charge in [-0.3, -0.25) is 5.10 Å². The molecule has 0 amide bonds. The number of benzene rings is 1. The smallest absolute Gasteiger partial charge is 0.342 e. The minimum atomic E-state index is -1.01. The predicted molar refractivity (Wildman–Crippen MR) is 112 cm³/mol. The Kier molecular flexibility index (Phi) is 6.26. The largest absolute Gasteiger partial charge is 0.477 e. The van der Waals surface area contributed by atoms with Crippen LogP contribution in [0.1, 0.15) is 36.1 Å². The molecule has 0 saturated carbocycles. The molecule has 0 saturated heterocycles. The Labute approximate surface area is 172 Å². The first-order chi connectivity index (χ1) is 13.4. The average Bonchev–Trinajstić information content (AvgIpc) is 3.20. The van der Waals surface area contributed by atoms with Gasteiger partial charge in [-0.25, -0.2) is 9.78 Å². The molecule has 6 nitrogen and oxygen atoms in total. The lowest BCUT2D eigenvalue weighted by atomic mass is 10.2. The van der Waals surface area contributed by atoms with Crippen LogP contribution in [-0.4, -0.2) is 30.8 Å². The van der Waals surface area contributed by atoms with Crippen LogP contribution in [0.5, 0.6) is 0 Å². The summed E-state index contributed by atoms with van der Waals surface area (Å²) < 4.78 is 2.07. The number of hydrogen-bond donors (Lipinski definition) is 2. The van der Waals surface area contributed by atoms with Gasteiger partial charge in [0.25, 0.3) is 0 Å². The zero-order valence-corrected chi connectivity index (χ0v) is 17.4. The Bertz CT molecular complexity index is 1020. The summed E-state index contributed by atoms with van der Waals surface area (Å²) in [7, 11) is 0. The van der Waals surface area contributed by atoms with Crippen molar-refractivity contribution in [2.24, 2.45) is 0 Å². The van der Waals surface area contributed by atoms with Gasteiger partial charge in [-0.2, -0.15) is 0 Å². The number of aromatic nitrogens is 4. The summed E-state index contributed by atoms with van der Waals surface area (Å²) in [6.07, 6.45) is 3.39. The zero-order valence-electron chi connectivity index (χ0n) is 15.9. The van der Waals surface area contributed by atoms with Crippen LogP contribution >= 0.6 is 23.4 Å². The van der Waals surface area contributed by atoms with Crippen molar-refractivity contribution in [2.45, 2.75) is 38.8 Å². The van der Waals surface area contributed by atoms with E-state index in [9.17, 15) is 9.90 Å². The van der Waals surface area contributed by atoms with Crippen molar-refractivity contribution < 1.29 is 9.90 Å². The monoisotopic (exact) mass is 416 g/mol. The Hall–Kier alpha value is -2.51. The van der Waals surface area contributed by atoms with Crippen molar-refractivity contribution in [1.29, 1.82) is 0 Å². The van der Waals surface area contributed by atoms with Gasteiger partial charge in [-0.05, 0) is 74.0 Å². The molecule has 8 heteroatoms. The number of aromatic amines is 1. The Morgan fingerprint density at radius 3 is 2.68 bits per heavy atom. The number of nitrogens with zero attached hydrogens (tertiary/aromatic N) is 3. The molecule has 0 unspecified atom stereocenters. The molecule has 28 heavy (non-hydrogen) atoms. The Balaban J connectivity index is 1.93. The van der Waals surface area contributed by atoms with Crippen LogP contribution in [-0.2, 0) is 11.2 Å². The van der Waals surface area contributed by atoms with Gasteiger partial charge in [-0.1, -0.05) is 18.5 Å². The van der Waals surface area contributed by atoms with Crippen LogP contribution in [0.4, 0.5) is 0 Å². The first-order valence-corrected chi connectivity index (χ1v) is 10.1. The van der Waals surface area contributed by atoms with E-state index in [1.165, 1.54) is 0 Å². The second-order valence-corrected chi connectivity index (χ2v) is 7.81. The van der Waals surface area contributed by atoms with E-state index in [1.807, 2.05) is 51.1 Å². The second-order valence-electron chi connectivity index (χ2n) is 6.37. The molecule has 0 aliphatic rings. The normalized spacial score (nSPS) is 11.8. The van der Waals surface area contributed by atoms with Crippen molar-refractivity contribution in [3.8, 4) is 5.69 Å². The third-order valence-corrected chi connectivity index (χ3v) is 5.38. The number of hydrogen-bond acceptors (Lipinski definition) is 4. The first kappa shape index (κ1) is 20.2. The van der Waals surface area contributed by atoms with Gasteiger partial charge in [-0.15, -0.1) is 5.10 Å². The van der Waals surface area contributed by atoms with Crippen LogP contribution in [0.2, 0.25) is 5.02 Å². The zero-order chi connectivity index (χ0) is 20.3. The molecule has 0 bridgehead atoms. The van der Waals surface area contributed by atoms with Gasteiger partial charge in [0, 0.05) is 28.5 Å². The minimum absolute atomic E-state index is 0.165. The molecule has 1 aromatic carbocycles. The van der Waals surface area contributed by atoms with E-state index in [0.29, 0.717) is 10.2 Å². The Morgan fingerprint density at radius 2 is 2.04 bits per heavy atom. The summed E-state index contributed by atoms with van der Waals surface area (Å²) in [5.74, 6) is -0.251.